The fraction of sp³-hybridized carbons (Fsp3) is 0.250. The summed E-state index contributed by atoms with van der Waals surface area (Å²) < 4.78 is 1.56. The summed E-state index contributed by atoms with van der Waals surface area (Å²) >= 11 is 1.30. The number of rotatable bonds is 5. The summed E-state index contributed by atoms with van der Waals surface area (Å²) in [6.07, 6.45) is 0.875. The largest absolute Gasteiger partial charge is 0.337 e. The van der Waals surface area contributed by atoms with Gasteiger partial charge in [0.15, 0.2) is 0 Å². The van der Waals surface area contributed by atoms with Gasteiger partial charge in [-0.3, -0.25) is 9.59 Å². The van der Waals surface area contributed by atoms with Crippen molar-refractivity contribution in [2.75, 3.05) is 17.6 Å². The fourth-order valence-corrected chi connectivity index (χ4v) is 4.07. The molecule has 1 aromatic heterocycles. The smallest absolute Gasteiger partial charge is 0.233 e. The zero-order chi connectivity index (χ0) is 20.2. The van der Waals surface area contributed by atoms with Crippen LogP contribution in [0.3, 0.4) is 0 Å². The van der Waals surface area contributed by atoms with Crippen LogP contribution in [0.1, 0.15) is 18.1 Å². The Morgan fingerprint density at radius 3 is 2.79 bits per heavy atom. The molecule has 0 saturated heterocycles. The van der Waals surface area contributed by atoms with Gasteiger partial charge in [-0.05, 0) is 46.2 Å². The van der Waals surface area contributed by atoms with E-state index in [0.717, 1.165) is 13.0 Å². The predicted octanol–water partition coefficient (Wildman–Crippen LogP) is 2.30. The number of carbonyl (C=O) groups excluding carboxylic acids is 2. The van der Waals surface area contributed by atoms with Gasteiger partial charge in [0.25, 0.3) is 0 Å². The van der Waals surface area contributed by atoms with Crippen LogP contribution in [-0.2, 0) is 22.6 Å². The molecule has 0 spiro atoms. The Morgan fingerprint density at radius 2 is 1.97 bits per heavy atom. The third-order valence-corrected chi connectivity index (χ3v) is 5.56. The van der Waals surface area contributed by atoms with E-state index < -0.39 is 0 Å². The quantitative estimate of drug-likeness (QED) is 0.651. The Bertz CT molecular complexity index is 1050. The molecule has 0 radical (unpaired) electrons. The van der Waals surface area contributed by atoms with Crippen LogP contribution in [-0.4, -0.2) is 49.2 Å². The van der Waals surface area contributed by atoms with E-state index in [2.05, 4.69) is 33.0 Å². The molecule has 2 amide bonds. The minimum atomic E-state index is -0.151. The van der Waals surface area contributed by atoms with Crippen LogP contribution < -0.4 is 5.32 Å². The number of hydrogen-bond acceptors (Lipinski definition) is 6. The zero-order valence-corrected chi connectivity index (χ0v) is 16.7. The van der Waals surface area contributed by atoms with Crippen LogP contribution in [0.5, 0.6) is 0 Å². The van der Waals surface area contributed by atoms with Gasteiger partial charge >= 0.3 is 0 Å². The average Bonchev–Trinajstić information content (AvgIpc) is 3.20. The average molecular weight is 408 g/mol. The van der Waals surface area contributed by atoms with E-state index >= 15 is 0 Å². The number of tetrazole rings is 1. The maximum absolute atomic E-state index is 12.7. The molecule has 0 saturated carbocycles. The highest BCUT2D eigenvalue weighted by Gasteiger charge is 2.21. The first-order chi connectivity index (χ1) is 14.1. The van der Waals surface area contributed by atoms with Crippen LogP contribution in [0.2, 0.25) is 0 Å². The second-order valence-electron chi connectivity index (χ2n) is 6.73. The number of nitrogens with zero attached hydrogens (tertiary/aromatic N) is 5. The molecule has 29 heavy (non-hydrogen) atoms. The highest BCUT2D eigenvalue weighted by atomic mass is 32.2. The van der Waals surface area contributed by atoms with E-state index in [4.69, 9.17) is 0 Å². The summed E-state index contributed by atoms with van der Waals surface area (Å²) in [4.78, 5) is 25.9. The lowest BCUT2D eigenvalue weighted by molar-refractivity contribution is -0.129. The van der Waals surface area contributed by atoms with Gasteiger partial charge in [-0.15, -0.1) is 5.10 Å². The second-order valence-corrected chi connectivity index (χ2v) is 7.67. The predicted molar refractivity (Wildman–Crippen MR) is 110 cm³/mol. The molecular weight excluding hydrogens is 388 g/mol. The SMILES string of the molecule is CC(=O)Nc1cccc(-n2nnnc2SCC(=O)N2CCc3ccccc3C2)c1. The molecule has 2 aromatic carbocycles. The third kappa shape index (κ3) is 4.45. The molecule has 2 heterocycles. The van der Waals surface area contributed by atoms with Gasteiger partial charge in [0.05, 0.1) is 11.4 Å². The molecule has 4 rings (SSSR count). The minimum absolute atomic E-state index is 0.0612. The van der Waals surface area contributed by atoms with E-state index in [1.165, 1.54) is 29.8 Å². The van der Waals surface area contributed by atoms with E-state index in [1.807, 2.05) is 29.2 Å². The molecule has 1 N–H and O–H groups in total. The molecule has 148 valence electrons. The molecule has 0 fully saturated rings. The van der Waals surface area contributed by atoms with Crippen molar-refractivity contribution in [2.24, 2.45) is 0 Å². The molecule has 1 aliphatic rings. The van der Waals surface area contributed by atoms with E-state index in [0.29, 0.717) is 23.1 Å². The van der Waals surface area contributed by atoms with Crippen molar-refractivity contribution in [3.63, 3.8) is 0 Å². The summed E-state index contributed by atoms with van der Waals surface area (Å²) in [7, 11) is 0. The molecular formula is C20H20N6O2S. The van der Waals surface area contributed by atoms with Crippen molar-refractivity contribution < 1.29 is 9.59 Å². The number of nitrogens with one attached hydrogen (secondary N) is 1. The number of thioether (sulfide) groups is 1. The first-order valence-electron chi connectivity index (χ1n) is 9.24. The fourth-order valence-electron chi connectivity index (χ4n) is 3.28. The van der Waals surface area contributed by atoms with Crippen molar-refractivity contribution in [1.29, 1.82) is 0 Å². The lowest BCUT2D eigenvalue weighted by Gasteiger charge is -2.28. The number of amides is 2. The van der Waals surface area contributed by atoms with Gasteiger partial charge in [-0.2, -0.15) is 4.68 Å². The number of carbonyl (C=O) groups is 2. The lowest BCUT2D eigenvalue weighted by atomic mass is 10.00. The molecule has 3 aromatic rings. The normalized spacial score (nSPS) is 13.1. The zero-order valence-electron chi connectivity index (χ0n) is 15.9. The molecule has 0 bridgehead atoms. The Hall–Kier alpha value is -3.20. The number of fused-ring (bicyclic) bond motifs is 1. The van der Waals surface area contributed by atoms with Crippen molar-refractivity contribution in [3.8, 4) is 5.69 Å². The molecule has 9 heteroatoms. The van der Waals surface area contributed by atoms with Gasteiger partial charge < -0.3 is 10.2 Å². The highest BCUT2D eigenvalue weighted by molar-refractivity contribution is 7.99. The standard InChI is InChI=1S/C20H20N6O2S/c1-14(27)21-17-7-4-8-18(11-17)26-20(22-23-24-26)29-13-19(28)25-10-9-15-5-2-3-6-16(15)12-25/h2-8,11H,9-10,12-13H2,1H3,(H,21,27). The summed E-state index contributed by atoms with van der Waals surface area (Å²) in [5, 5.41) is 15.1. The maximum atomic E-state index is 12.7. The van der Waals surface area contributed by atoms with E-state index in [-0.39, 0.29) is 17.6 Å². The number of aromatic nitrogens is 4. The highest BCUT2D eigenvalue weighted by Crippen LogP contribution is 2.23. The molecule has 0 unspecified atom stereocenters. The van der Waals surface area contributed by atoms with Crippen LogP contribution in [0.15, 0.2) is 53.7 Å². The van der Waals surface area contributed by atoms with Gasteiger partial charge in [0, 0.05) is 25.7 Å². The molecule has 1 aliphatic heterocycles. The van der Waals surface area contributed by atoms with Crippen molar-refractivity contribution in [1.82, 2.24) is 25.1 Å². The van der Waals surface area contributed by atoms with Crippen molar-refractivity contribution >= 4 is 29.3 Å². The monoisotopic (exact) mass is 408 g/mol. The molecule has 0 aliphatic carbocycles. The Labute approximate surface area is 172 Å². The van der Waals surface area contributed by atoms with Crippen LogP contribution in [0.25, 0.3) is 5.69 Å². The van der Waals surface area contributed by atoms with Crippen LogP contribution >= 0.6 is 11.8 Å². The second kappa shape index (κ2) is 8.44. The minimum Gasteiger partial charge on any atom is -0.337 e. The number of hydrogen-bond donors (Lipinski definition) is 1. The van der Waals surface area contributed by atoms with E-state index in [9.17, 15) is 9.59 Å². The van der Waals surface area contributed by atoms with Crippen LogP contribution in [0.4, 0.5) is 5.69 Å². The lowest BCUT2D eigenvalue weighted by Crippen LogP contribution is -2.37. The summed E-state index contributed by atoms with van der Waals surface area (Å²) in [6, 6.07) is 15.5. The topological polar surface area (TPSA) is 93.0 Å². The summed E-state index contributed by atoms with van der Waals surface area (Å²) in [6.45, 7) is 2.81. The Morgan fingerprint density at radius 1 is 1.14 bits per heavy atom. The van der Waals surface area contributed by atoms with Gasteiger partial charge in [-0.25, -0.2) is 0 Å². The van der Waals surface area contributed by atoms with Crippen molar-refractivity contribution in [3.05, 3.63) is 59.7 Å². The Balaban J connectivity index is 1.42. The van der Waals surface area contributed by atoms with Gasteiger partial charge in [0.1, 0.15) is 0 Å². The number of anilines is 1. The third-order valence-electron chi connectivity index (χ3n) is 4.66. The van der Waals surface area contributed by atoms with Gasteiger partial charge in [0.2, 0.25) is 17.0 Å². The summed E-state index contributed by atoms with van der Waals surface area (Å²) in [5.41, 5.74) is 3.89. The van der Waals surface area contributed by atoms with E-state index in [1.54, 1.807) is 16.8 Å². The molecule has 8 nitrogen and oxygen atoms in total. The molecule has 0 atom stereocenters. The number of benzene rings is 2. The Kier molecular flexibility index (Phi) is 5.57. The summed E-state index contributed by atoms with van der Waals surface area (Å²) in [5.74, 6) is 0.168. The van der Waals surface area contributed by atoms with Crippen molar-refractivity contribution in [2.45, 2.75) is 25.0 Å². The first kappa shape index (κ1) is 19.1. The first-order valence-corrected chi connectivity index (χ1v) is 10.2. The maximum Gasteiger partial charge on any atom is 0.233 e. The van der Waals surface area contributed by atoms with Crippen LogP contribution in [0, 0.1) is 0 Å². The van der Waals surface area contributed by atoms with Gasteiger partial charge in [-0.1, -0.05) is 42.1 Å².